The summed E-state index contributed by atoms with van der Waals surface area (Å²) in [5.41, 5.74) is 7.60. The first-order valence-corrected chi connectivity index (χ1v) is 17.0. The molecule has 0 amide bonds. The van der Waals surface area contributed by atoms with E-state index in [4.69, 9.17) is 0 Å². The van der Waals surface area contributed by atoms with E-state index in [2.05, 4.69) is 170 Å². The predicted molar refractivity (Wildman–Crippen MR) is 206 cm³/mol. The molecule has 9 aromatic carbocycles. The fourth-order valence-electron chi connectivity index (χ4n) is 7.69. The molecule has 0 aliphatic rings. The molecule has 0 nitrogen and oxygen atoms in total. The van der Waals surface area contributed by atoms with Crippen molar-refractivity contribution in [1.29, 1.82) is 0 Å². The Morgan fingerprint density at radius 3 is 1.51 bits per heavy atom. The Morgan fingerprint density at radius 1 is 0.298 bits per heavy atom. The number of thiophene rings is 1. The van der Waals surface area contributed by atoms with Crippen molar-refractivity contribution in [3.63, 3.8) is 0 Å². The molecule has 0 aliphatic carbocycles. The first-order chi connectivity index (χ1) is 23.3. The van der Waals surface area contributed by atoms with Gasteiger partial charge < -0.3 is 0 Å². The summed E-state index contributed by atoms with van der Waals surface area (Å²) in [5, 5.41) is 12.9. The Hall–Kier alpha value is -5.76. The molecule has 0 saturated carbocycles. The lowest BCUT2D eigenvalue weighted by atomic mass is 9.85. The molecule has 0 atom stereocenters. The molecule has 0 N–H and O–H groups in total. The van der Waals surface area contributed by atoms with Crippen LogP contribution in [0.25, 0.3) is 96.6 Å². The van der Waals surface area contributed by atoms with Gasteiger partial charge in [-0.25, -0.2) is 0 Å². The Bertz CT molecular complexity index is 2800. The highest BCUT2D eigenvalue weighted by Gasteiger charge is 2.18. The first-order valence-electron chi connectivity index (χ1n) is 16.2. The topological polar surface area (TPSA) is 0 Å². The molecule has 1 heteroatoms. The Kier molecular flexibility index (Phi) is 5.85. The molecule has 47 heavy (non-hydrogen) atoms. The standard InChI is InChI=1S/C46H28S/c1-2-12-30-25-35(24-23-29(30)11-1)45-39-19-7-5-17-37(39)44(38-18-6-8-20-40(38)45)34-16-9-15-33(26-34)36-21-10-22-42-46(36)41-27-31-13-3-4-14-32(31)28-43(41)47-42/h1-28H. The van der Waals surface area contributed by atoms with E-state index < -0.39 is 0 Å². The zero-order valence-electron chi connectivity index (χ0n) is 25.6. The van der Waals surface area contributed by atoms with Crippen LogP contribution in [0.15, 0.2) is 170 Å². The average Bonchev–Trinajstić information content (AvgIpc) is 3.50. The lowest BCUT2D eigenvalue weighted by Crippen LogP contribution is -1.91. The van der Waals surface area contributed by atoms with E-state index in [0.29, 0.717) is 0 Å². The van der Waals surface area contributed by atoms with E-state index in [9.17, 15) is 0 Å². The van der Waals surface area contributed by atoms with Crippen LogP contribution in [0.2, 0.25) is 0 Å². The maximum Gasteiger partial charge on any atom is 0.0362 e. The minimum absolute atomic E-state index is 1.24. The lowest BCUT2D eigenvalue weighted by Gasteiger charge is -2.18. The Balaban J connectivity index is 1.23. The van der Waals surface area contributed by atoms with Gasteiger partial charge in [0.05, 0.1) is 0 Å². The van der Waals surface area contributed by atoms with E-state index in [1.807, 2.05) is 11.3 Å². The van der Waals surface area contributed by atoms with Crippen LogP contribution in [0.4, 0.5) is 0 Å². The van der Waals surface area contributed by atoms with Crippen LogP contribution >= 0.6 is 11.3 Å². The molecular weight excluding hydrogens is 585 g/mol. The first kappa shape index (κ1) is 26.5. The van der Waals surface area contributed by atoms with Crippen molar-refractivity contribution in [2.24, 2.45) is 0 Å². The van der Waals surface area contributed by atoms with Crippen molar-refractivity contribution in [2.45, 2.75) is 0 Å². The lowest BCUT2D eigenvalue weighted by molar-refractivity contribution is 1.64. The minimum Gasteiger partial charge on any atom is -0.135 e. The molecular formula is C46H28S. The normalized spacial score (nSPS) is 11.8. The summed E-state index contributed by atoms with van der Waals surface area (Å²) >= 11 is 1.89. The van der Waals surface area contributed by atoms with Crippen molar-refractivity contribution in [1.82, 2.24) is 0 Å². The van der Waals surface area contributed by atoms with E-state index in [-0.39, 0.29) is 0 Å². The van der Waals surface area contributed by atoms with Crippen molar-refractivity contribution >= 4 is 74.6 Å². The van der Waals surface area contributed by atoms with E-state index in [1.165, 1.54) is 96.6 Å². The van der Waals surface area contributed by atoms with Gasteiger partial charge in [0, 0.05) is 20.2 Å². The van der Waals surface area contributed by atoms with Crippen molar-refractivity contribution < 1.29 is 0 Å². The number of hydrogen-bond acceptors (Lipinski definition) is 1. The highest BCUT2D eigenvalue weighted by atomic mass is 32.1. The SMILES string of the molecule is c1cc(-c2c3ccccc3c(-c3ccc4ccccc4c3)c3ccccc23)cc(-c2cccc3sc4cc5ccccc5cc4c23)c1. The largest absolute Gasteiger partial charge is 0.135 e. The van der Waals surface area contributed by atoms with Crippen LogP contribution in [-0.2, 0) is 0 Å². The molecule has 0 spiro atoms. The van der Waals surface area contributed by atoms with Gasteiger partial charge >= 0.3 is 0 Å². The Morgan fingerprint density at radius 2 is 0.830 bits per heavy atom. The second-order valence-electron chi connectivity index (χ2n) is 12.5. The number of benzene rings is 9. The molecule has 0 radical (unpaired) electrons. The summed E-state index contributed by atoms with van der Waals surface area (Å²) in [6.07, 6.45) is 0. The van der Waals surface area contributed by atoms with Gasteiger partial charge in [0.2, 0.25) is 0 Å². The zero-order chi connectivity index (χ0) is 30.9. The van der Waals surface area contributed by atoms with Crippen LogP contribution in [0.1, 0.15) is 0 Å². The average molecular weight is 613 g/mol. The van der Waals surface area contributed by atoms with Gasteiger partial charge in [-0.3, -0.25) is 0 Å². The molecule has 10 rings (SSSR count). The highest BCUT2D eigenvalue weighted by molar-refractivity contribution is 7.26. The highest BCUT2D eigenvalue weighted by Crippen LogP contribution is 2.46. The Labute approximate surface area is 276 Å². The van der Waals surface area contributed by atoms with Crippen LogP contribution in [0.3, 0.4) is 0 Å². The summed E-state index contributed by atoms with van der Waals surface area (Å²) in [5.74, 6) is 0. The molecule has 10 aromatic rings. The zero-order valence-corrected chi connectivity index (χ0v) is 26.4. The van der Waals surface area contributed by atoms with Crippen LogP contribution in [0.5, 0.6) is 0 Å². The summed E-state index contributed by atoms with van der Waals surface area (Å²) in [6, 6.07) is 62.8. The quantitative estimate of drug-likeness (QED) is 0.174. The number of rotatable bonds is 3. The molecule has 0 aliphatic heterocycles. The minimum atomic E-state index is 1.24. The molecule has 1 aromatic heterocycles. The van der Waals surface area contributed by atoms with Crippen molar-refractivity contribution in [3.05, 3.63) is 170 Å². The fraction of sp³-hybridized carbons (Fsp3) is 0. The van der Waals surface area contributed by atoms with Gasteiger partial charge in [0.1, 0.15) is 0 Å². The van der Waals surface area contributed by atoms with Crippen molar-refractivity contribution in [3.8, 4) is 33.4 Å². The second-order valence-corrected chi connectivity index (χ2v) is 13.5. The monoisotopic (exact) mass is 612 g/mol. The van der Waals surface area contributed by atoms with Gasteiger partial charge in [-0.05, 0) is 107 Å². The van der Waals surface area contributed by atoms with Crippen LogP contribution < -0.4 is 0 Å². The second kappa shape index (κ2) is 10.4. The third-order valence-electron chi connectivity index (χ3n) is 9.80. The number of hydrogen-bond donors (Lipinski definition) is 0. The number of fused-ring (bicyclic) bond motifs is 7. The maximum atomic E-state index is 2.41. The van der Waals surface area contributed by atoms with Crippen LogP contribution in [0, 0.1) is 0 Å². The smallest absolute Gasteiger partial charge is 0.0362 e. The molecule has 0 bridgehead atoms. The van der Waals surface area contributed by atoms with Gasteiger partial charge in [-0.15, -0.1) is 11.3 Å². The molecule has 1 heterocycles. The maximum absolute atomic E-state index is 2.41. The van der Waals surface area contributed by atoms with Gasteiger partial charge in [0.15, 0.2) is 0 Å². The predicted octanol–water partition coefficient (Wildman–Crippen LogP) is 13.7. The molecule has 0 saturated heterocycles. The van der Waals surface area contributed by atoms with E-state index >= 15 is 0 Å². The van der Waals surface area contributed by atoms with Gasteiger partial charge in [-0.1, -0.05) is 140 Å². The summed E-state index contributed by atoms with van der Waals surface area (Å²) in [7, 11) is 0. The fourth-order valence-corrected chi connectivity index (χ4v) is 8.85. The third-order valence-corrected chi connectivity index (χ3v) is 10.9. The van der Waals surface area contributed by atoms with E-state index in [0.717, 1.165) is 0 Å². The van der Waals surface area contributed by atoms with Crippen molar-refractivity contribution in [2.75, 3.05) is 0 Å². The van der Waals surface area contributed by atoms with Crippen LogP contribution in [-0.4, -0.2) is 0 Å². The van der Waals surface area contributed by atoms with Gasteiger partial charge in [0.25, 0.3) is 0 Å². The molecule has 0 fully saturated rings. The summed E-state index contributed by atoms with van der Waals surface area (Å²) < 4.78 is 2.66. The van der Waals surface area contributed by atoms with E-state index in [1.54, 1.807) is 0 Å². The summed E-state index contributed by atoms with van der Waals surface area (Å²) in [4.78, 5) is 0. The molecule has 0 unspecified atom stereocenters. The van der Waals surface area contributed by atoms with Gasteiger partial charge in [-0.2, -0.15) is 0 Å². The molecule has 218 valence electrons. The third kappa shape index (κ3) is 4.14. The summed E-state index contributed by atoms with van der Waals surface area (Å²) in [6.45, 7) is 0.